The van der Waals surface area contributed by atoms with E-state index < -0.39 is 0 Å². The van der Waals surface area contributed by atoms with Crippen molar-refractivity contribution in [3.8, 4) is 0 Å². The van der Waals surface area contributed by atoms with Crippen LogP contribution in [0.25, 0.3) is 10.9 Å². The van der Waals surface area contributed by atoms with Gasteiger partial charge in [-0.3, -0.25) is 9.48 Å². The number of nitrogens with one attached hydrogen (secondary N) is 1. The summed E-state index contributed by atoms with van der Waals surface area (Å²) in [6.07, 6.45) is 1.79. The van der Waals surface area contributed by atoms with Gasteiger partial charge in [0, 0.05) is 23.7 Å². The van der Waals surface area contributed by atoms with Gasteiger partial charge in [-0.25, -0.2) is 0 Å². The molecule has 4 nitrogen and oxygen atoms in total. The molecule has 1 N–H and O–H groups in total. The molecule has 0 aliphatic rings. The predicted octanol–water partition coefficient (Wildman–Crippen LogP) is 3.44. The molecule has 1 aromatic heterocycles. The van der Waals surface area contributed by atoms with Crippen LogP contribution in [0.2, 0.25) is 0 Å². The van der Waals surface area contributed by atoms with E-state index in [1.807, 2.05) is 51.2 Å². The molecule has 4 heteroatoms. The standard InChI is InChI=1S/C17H17N3O/c1-11-6-12(2)8-15(7-11)19-17(21)13-4-5-14-10-18-20(3)16(14)9-13/h4-10H,1-3H3,(H,19,21). The molecular formula is C17H17N3O. The quantitative estimate of drug-likeness (QED) is 0.781. The van der Waals surface area contributed by atoms with Crippen molar-refractivity contribution in [3.05, 3.63) is 59.3 Å². The van der Waals surface area contributed by atoms with Crippen molar-refractivity contribution in [1.29, 1.82) is 0 Å². The maximum Gasteiger partial charge on any atom is 0.255 e. The topological polar surface area (TPSA) is 46.9 Å². The van der Waals surface area contributed by atoms with Crippen LogP contribution in [0.15, 0.2) is 42.6 Å². The third kappa shape index (κ3) is 2.65. The Morgan fingerprint density at radius 3 is 2.52 bits per heavy atom. The van der Waals surface area contributed by atoms with E-state index in [4.69, 9.17) is 0 Å². The van der Waals surface area contributed by atoms with Crippen LogP contribution in [0.4, 0.5) is 5.69 Å². The number of carbonyl (C=O) groups excluding carboxylic acids is 1. The minimum atomic E-state index is -0.108. The molecule has 21 heavy (non-hydrogen) atoms. The molecule has 0 fully saturated rings. The van der Waals surface area contributed by atoms with Gasteiger partial charge in [-0.1, -0.05) is 12.1 Å². The van der Waals surface area contributed by atoms with Crippen molar-refractivity contribution < 1.29 is 4.79 Å². The largest absolute Gasteiger partial charge is 0.322 e. The molecule has 0 spiro atoms. The minimum absolute atomic E-state index is 0.108. The summed E-state index contributed by atoms with van der Waals surface area (Å²) in [5, 5.41) is 8.16. The lowest BCUT2D eigenvalue weighted by molar-refractivity contribution is 0.102. The van der Waals surface area contributed by atoms with E-state index in [0.29, 0.717) is 5.56 Å². The number of hydrogen-bond donors (Lipinski definition) is 1. The minimum Gasteiger partial charge on any atom is -0.322 e. The SMILES string of the molecule is Cc1cc(C)cc(NC(=O)c2ccc3cnn(C)c3c2)c1. The number of aromatic nitrogens is 2. The maximum absolute atomic E-state index is 12.4. The van der Waals surface area contributed by atoms with Crippen molar-refractivity contribution in [3.63, 3.8) is 0 Å². The Morgan fingerprint density at radius 1 is 1.10 bits per heavy atom. The molecule has 3 aromatic rings. The Kier molecular flexibility index (Phi) is 3.22. The number of hydrogen-bond acceptors (Lipinski definition) is 2. The van der Waals surface area contributed by atoms with E-state index >= 15 is 0 Å². The van der Waals surface area contributed by atoms with Crippen LogP contribution in [0.3, 0.4) is 0 Å². The fourth-order valence-corrected chi connectivity index (χ4v) is 2.54. The van der Waals surface area contributed by atoms with Gasteiger partial charge in [-0.2, -0.15) is 5.10 Å². The number of benzene rings is 2. The van der Waals surface area contributed by atoms with E-state index in [2.05, 4.69) is 16.5 Å². The molecule has 0 unspecified atom stereocenters. The molecule has 0 aliphatic heterocycles. The highest BCUT2D eigenvalue weighted by molar-refractivity contribution is 6.06. The first-order chi connectivity index (χ1) is 10.0. The predicted molar refractivity (Wildman–Crippen MR) is 84.6 cm³/mol. The summed E-state index contributed by atoms with van der Waals surface area (Å²) in [5.74, 6) is -0.108. The molecule has 0 saturated carbocycles. The first kappa shape index (κ1) is 13.4. The van der Waals surface area contributed by atoms with Gasteiger partial charge < -0.3 is 5.32 Å². The normalized spacial score (nSPS) is 10.8. The molecule has 0 radical (unpaired) electrons. The molecule has 1 amide bonds. The molecule has 0 bridgehead atoms. The summed E-state index contributed by atoms with van der Waals surface area (Å²) < 4.78 is 1.77. The highest BCUT2D eigenvalue weighted by Gasteiger charge is 2.09. The zero-order valence-electron chi connectivity index (χ0n) is 12.3. The monoisotopic (exact) mass is 279 g/mol. The summed E-state index contributed by atoms with van der Waals surface area (Å²) in [5.41, 5.74) is 4.66. The second-order valence-electron chi connectivity index (χ2n) is 5.37. The van der Waals surface area contributed by atoms with Gasteiger partial charge in [0.2, 0.25) is 0 Å². The zero-order valence-corrected chi connectivity index (χ0v) is 12.3. The molecule has 3 rings (SSSR count). The number of fused-ring (bicyclic) bond motifs is 1. The average molecular weight is 279 g/mol. The van der Waals surface area contributed by atoms with Crippen LogP contribution in [-0.2, 0) is 7.05 Å². The van der Waals surface area contributed by atoms with Gasteiger partial charge in [-0.15, -0.1) is 0 Å². The molecule has 2 aromatic carbocycles. The van der Waals surface area contributed by atoms with Crippen LogP contribution in [0.5, 0.6) is 0 Å². The van der Waals surface area contributed by atoms with Gasteiger partial charge in [0.15, 0.2) is 0 Å². The molecule has 0 aliphatic carbocycles. The third-order valence-electron chi connectivity index (χ3n) is 3.49. The lowest BCUT2D eigenvalue weighted by Crippen LogP contribution is -2.12. The molecule has 0 atom stereocenters. The van der Waals surface area contributed by atoms with Crippen LogP contribution in [0, 0.1) is 13.8 Å². The number of rotatable bonds is 2. The van der Waals surface area contributed by atoms with Crippen LogP contribution in [-0.4, -0.2) is 15.7 Å². The average Bonchev–Trinajstić information content (AvgIpc) is 2.79. The Balaban J connectivity index is 1.91. The van der Waals surface area contributed by atoms with Gasteiger partial charge in [0.1, 0.15) is 0 Å². The number of aryl methyl sites for hydroxylation is 3. The first-order valence-corrected chi connectivity index (χ1v) is 6.84. The molecular weight excluding hydrogens is 262 g/mol. The van der Waals surface area contributed by atoms with Crippen LogP contribution < -0.4 is 5.32 Å². The van der Waals surface area contributed by atoms with Crippen molar-refractivity contribution >= 4 is 22.5 Å². The fourth-order valence-electron chi connectivity index (χ4n) is 2.54. The Bertz CT molecular complexity index is 813. The van der Waals surface area contributed by atoms with Crippen molar-refractivity contribution in [1.82, 2.24) is 9.78 Å². The second-order valence-corrected chi connectivity index (χ2v) is 5.37. The Labute approximate surface area is 123 Å². The van der Waals surface area contributed by atoms with Crippen molar-refractivity contribution in [2.45, 2.75) is 13.8 Å². The summed E-state index contributed by atoms with van der Waals surface area (Å²) in [7, 11) is 1.87. The van der Waals surface area contributed by atoms with E-state index in [1.54, 1.807) is 10.9 Å². The highest BCUT2D eigenvalue weighted by Crippen LogP contribution is 2.18. The van der Waals surface area contributed by atoms with Gasteiger partial charge >= 0.3 is 0 Å². The first-order valence-electron chi connectivity index (χ1n) is 6.84. The third-order valence-corrected chi connectivity index (χ3v) is 3.49. The van der Waals surface area contributed by atoms with E-state index in [-0.39, 0.29) is 5.91 Å². The van der Waals surface area contributed by atoms with Crippen LogP contribution >= 0.6 is 0 Å². The van der Waals surface area contributed by atoms with Gasteiger partial charge in [0.05, 0.1) is 11.7 Å². The lowest BCUT2D eigenvalue weighted by atomic mass is 10.1. The molecule has 1 heterocycles. The summed E-state index contributed by atoms with van der Waals surface area (Å²) in [6.45, 7) is 4.04. The maximum atomic E-state index is 12.4. The number of amides is 1. The summed E-state index contributed by atoms with van der Waals surface area (Å²) >= 11 is 0. The van der Waals surface area contributed by atoms with E-state index in [0.717, 1.165) is 27.7 Å². The molecule has 0 saturated heterocycles. The van der Waals surface area contributed by atoms with Gasteiger partial charge in [0.25, 0.3) is 5.91 Å². The smallest absolute Gasteiger partial charge is 0.255 e. The summed E-state index contributed by atoms with van der Waals surface area (Å²) in [4.78, 5) is 12.4. The Morgan fingerprint density at radius 2 is 1.81 bits per heavy atom. The van der Waals surface area contributed by atoms with Crippen LogP contribution in [0.1, 0.15) is 21.5 Å². The van der Waals surface area contributed by atoms with Gasteiger partial charge in [-0.05, 0) is 49.2 Å². The molecule has 106 valence electrons. The number of anilines is 1. The summed E-state index contributed by atoms with van der Waals surface area (Å²) in [6, 6.07) is 11.6. The van der Waals surface area contributed by atoms with Crippen molar-refractivity contribution in [2.75, 3.05) is 5.32 Å². The lowest BCUT2D eigenvalue weighted by Gasteiger charge is -2.08. The van der Waals surface area contributed by atoms with E-state index in [9.17, 15) is 4.79 Å². The van der Waals surface area contributed by atoms with Crippen molar-refractivity contribution in [2.24, 2.45) is 7.05 Å². The van der Waals surface area contributed by atoms with E-state index in [1.165, 1.54) is 0 Å². The number of nitrogens with zero attached hydrogens (tertiary/aromatic N) is 2. The second kappa shape index (κ2) is 5.05. The highest BCUT2D eigenvalue weighted by atomic mass is 16.1. The number of carbonyl (C=O) groups is 1. The fraction of sp³-hybridized carbons (Fsp3) is 0.176. The zero-order chi connectivity index (χ0) is 15.0. The Hall–Kier alpha value is -2.62.